The molecule has 0 radical (unpaired) electrons. The van der Waals surface area contributed by atoms with E-state index >= 15 is 0 Å². The van der Waals surface area contributed by atoms with Crippen molar-refractivity contribution in [3.05, 3.63) is 29.3 Å². The van der Waals surface area contributed by atoms with Crippen LogP contribution in [-0.4, -0.2) is 58.8 Å². The minimum absolute atomic E-state index is 0.0214. The Kier molecular flexibility index (Phi) is 5.99. The molecular weight excluding hydrogens is 332 g/mol. The molecule has 1 heterocycles. The molecule has 2 rings (SSSR count). The summed E-state index contributed by atoms with van der Waals surface area (Å²) in [4.78, 5) is 22.9. The third-order valence-corrected chi connectivity index (χ3v) is 4.00. The number of benzene rings is 1. The molecule has 0 unspecified atom stereocenters. The van der Waals surface area contributed by atoms with Crippen LogP contribution in [0.1, 0.15) is 30.6 Å². The molecule has 0 aliphatic carbocycles. The fourth-order valence-electron chi connectivity index (χ4n) is 2.92. The highest BCUT2D eigenvalue weighted by Gasteiger charge is 2.47. The topological polar surface area (TPSA) is 123 Å². The smallest absolute Gasteiger partial charge is 0.308 e. The highest BCUT2D eigenvalue weighted by Crippen LogP contribution is 2.36. The number of ether oxygens (including phenoxy) is 3. The van der Waals surface area contributed by atoms with Gasteiger partial charge in [-0.25, -0.2) is 0 Å². The molecule has 5 atom stereocenters. The van der Waals surface area contributed by atoms with Gasteiger partial charge in [0.25, 0.3) is 0 Å². The van der Waals surface area contributed by atoms with Crippen molar-refractivity contribution in [2.45, 2.75) is 50.8 Å². The molecule has 8 nitrogen and oxygen atoms in total. The molecule has 1 aromatic carbocycles. The molecule has 1 saturated heterocycles. The summed E-state index contributed by atoms with van der Waals surface area (Å²) in [6.45, 7) is 2.90. The van der Waals surface area contributed by atoms with E-state index in [2.05, 4.69) is 4.74 Å². The number of rotatable bonds is 4. The summed E-state index contributed by atoms with van der Waals surface area (Å²) in [7, 11) is 1.20. The van der Waals surface area contributed by atoms with Crippen molar-refractivity contribution in [1.82, 2.24) is 0 Å². The predicted molar refractivity (Wildman–Crippen MR) is 84.7 cm³/mol. The summed E-state index contributed by atoms with van der Waals surface area (Å²) in [6.07, 6.45) is -6.41. The third-order valence-electron chi connectivity index (χ3n) is 4.00. The molecule has 8 heteroatoms. The number of phenolic OH excluding ortho intramolecular Hbond substituents is 1. The number of phenols is 1. The van der Waals surface area contributed by atoms with E-state index in [4.69, 9.17) is 9.47 Å². The molecule has 3 N–H and O–H groups in total. The maximum Gasteiger partial charge on any atom is 0.308 e. The van der Waals surface area contributed by atoms with Gasteiger partial charge >= 0.3 is 11.9 Å². The fourth-order valence-corrected chi connectivity index (χ4v) is 2.92. The van der Waals surface area contributed by atoms with Gasteiger partial charge < -0.3 is 29.5 Å². The molecule has 1 aliphatic rings. The van der Waals surface area contributed by atoms with Crippen LogP contribution in [0.3, 0.4) is 0 Å². The van der Waals surface area contributed by atoms with Gasteiger partial charge in [0, 0.05) is 6.92 Å². The van der Waals surface area contributed by atoms with Crippen molar-refractivity contribution < 1.29 is 39.1 Å². The summed E-state index contributed by atoms with van der Waals surface area (Å²) in [6, 6.07) is 4.61. The van der Waals surface area contributed by atoms with Gasteiger partial charge in [0.05, 0.1) is 13.5 Å². The number of aromatic hydroxyl groups is 1. The SMILES string of the molecule is COC(=O)C[C@H]1O[C@H](c2cc(C)cc(O)c2)[C@@H](O)[C@@H](O)[C@@H]1OC(C)=O. The Labute approximate surface area is 144 Å². The molecular formula is C17H22O8. The molecule has 1 aromatic rings. The number of methoxy groups -OCH3 is 1. The molecule has 138 valence electrons. The fraction of sp³-hybridized carbons (Fsp3) is 0.529. The molecule has 1 aliphatic heterocycles. The van der Waals surface area contributed by atoms with E-state index in [9.17, 15) is 24.9 Å². The van der Waals surface area contributed by atoms with Crippen LogP contribution < -0.4 is 0 Å². The summed E-state index contributed by atoms with van der Waals surface area (Å²) in [5.41, 5.74) is 1.16. The summed E-state index contributed by atoms with van der Waals surface area (Å²) < 4.78 is 15.4. The standard InChI is InChI=1S/C17H22O8/c1-8-4-10(6-11(19)5-8)16-14(21)15(22)17(24-9(2)18)12(25-16)7-13(20)23-3/h4-6,12,14-17,19,21-22H,7H2,1-3H3/t12-,14+,15-,16-,17-/m1/s1. The maximum absolute atomic E-state index is 11.6. The van der Waals surface area contributed by atoms with E-state index in [0.29, 0.717) is 5.56 Å². The third kappa shape index (κ3) is 4.47. The van der Waals surface area contributed by atoms with E-state index in [1.54, 1.807) is 13.0 Å². The highest BCUT2D eigenvalue weighted by atomic mass is 16.6. The Balaban J connectivity index is 2.34. The second-order valence-corrected chi connectivity index (χ2v) is 6.03. The van der Waals surface area contributed by atoms with Crippen LogP contribution in [-0.2, 0) is 23.8 Å². The Bertz CT molecular complexity index is 623. The van der Waals surface area contributed by atoms with Crippen molar-refractivity contribution in [2.24, 2.45) is 0 Å². The second-order valence-electron chi connectivity index (χ2n) is 6.03. The zero-order chi connectivity index (χ0) is 18.7. The molecule has 0 aromatic heterocycles. The molecule has 0 spiro atoms. The lowest BCUT2D eigenvalue weighted by Crippen LogP contribution is -2.56. The first kappa shape index (κ1) is 19.2. The van der Waals surface area contributed by atoms with Gasteiger partial charge in [-0.2, -0.15) is 0 Å². The van der Waals surface area contributed by atoms with E-state index in [1.165, 1.54) is 19.2 Å². The van der Waals surface area contributed by atoms with Gasteiger partial charge in [-0.15, -0.1) is 0 Å². The zero-order valence-corrected chi connectivity index (χ0v) is 14.2. The van der Waals surface area contributed by atoms with Crippen LogP contribution in [0.5, 0.6) is 5.75 Å². The quantitative estimate of drug-likeness (QED) is 0.662. The van der Waals surface area contributed by atoms with Crippen molar-refractivity contribution >= 4 is 11.9 Å². The summed E-state index contributed by atoms with van der Waals surface area (Å²) >= 11 is 0. The van der Waals surface area contributed by atoms with Crippen LogP contribution in [0.4, 0.5) is 0 Å². The summed E-state index contributed by atoms with van der Waals surface area (Å²) in [5, 5.41) is 30.5. The number of aryl methyl sites for hydroxylation is 1. The first-order valence-electron chi connectivity index (χ1n) is 7.79. The molecule has 0 amide bonds. The monoisotopic (exact) mass is 354 g/mol. The van der Waals surface area contributed by atoms with Crippen LogP contribution in [0.25, 0.3) is 0 Å². The molecule has 1 fully saturated rings. The van der Waals surface area contributed by atoms with Crippen LogP contribution in [0.15, 0.2) is 18.2 Å². The summed E-state index contributed by atoms with van der Waals surface area (Å²) in [5.74, 6) is -1.31. The van der Waals surface area contributed by atoms with E-state index in [1.807, 2.05) is 0 Å². The minimum atomic E-state index is -1.47. The van der Waals surface area contributed by atoms with E-state index < -0.39 is 42.5 Å². The van der Waals surface area contributed by atoms with Gasteiger partial charge in [0.1, 0.15) is 30.2 Å². The second kappa shape index (κ2) is 7.81. The number of aliphatic hydroxyl groups excluding tert-OH is 2. The zero-order valence-electron chi connectivity index (χ0n) is 14.2. The van der Waals surface area contributed by atoms with Crippen molar-refractivity contribution in [3.8, 4) is 5.75 Å². The Morgan fingerprint density at radius 3 is 2.44 bits per heavy atom. The molecule has 25 heavy (non-hydrogen) atoms. The van der Waals surface area contributed by atoms with Crippen LogP contribution >= 0.6 is 0 Å². The Morgan fingerprint density at radius 1 is 1.20 bits per heavy atom. The number of hydrogen-bond donors (Lipinski definition) is 3. The predicted octanol–water partition coefficient (Wildman–Crippen LogP) is 0.357. The van der Waals surface area contributed by atoms with Crippen molar-refractivity contribution in [1.29, 1.82) is 0 Å². The number of carbonyl (C=O) groups is 2. The minimum Gasteiger partial charge on any atom is -0.508 e. The van der Waals surface area contributed by atoms with Crippen LogP contribution in [0.2, 0.25) is 0 Å². The first-order chi connectivity index (χ1) is 11.7. The van der Waals surface area contributed by atoms with E-state index in [0.717, 1.165) is 12.5 Å². The normalized spacial score (nSPS) is 29.1. The van der Waals surface area contributed by atoms with Crippen LogP contribution in [0, 0.1) is 6.92 Å². The van der Waals surface area contributed by atoms with E-state index in [-0.39, 0.29) is 12.2 Å². The number of aliphatic hydroxyl groups is 2. The van der Waals surface area contributed by atoms with Gasteiger partial charge in [0.2, 0.25) is 0 Å². The average Bonchev–Trinajstić information content (AvgIpc) is 2.52. The van der Waals surface area contributed by atoms with Gasteiger partial charge in [-0.3, -0.25) is 9.59 Å². The lowest BCUT2D eigenvalue weighted by Gasteiger charge is -2.42. The van der Waals surface area contributed by atoms with Gasteiger partial charge in [0.15, 0.2) is 6.10 Å². The van der Waals surface area contributed by atoms with Gasteiger partial charge in [-0.05, 0) is 30.2 Å². The lowest BCUT2D eigenvalue weighted by atomic mass is 9.89. The highest BCUT2D eigenvalue weighted by molar-refractivity contribution is 5.70. The lowest BCUT2D eigenvalue weighted by molar-refractivity contribution is -0.236. The molecule has 0 saturated carbocycles. The molecule has 0 bridgehead atoms. The van der Waals surface area contributed by atoms with Crippen molar-refractivity contribution in [2.75, 3.05) is 7.11 Å². The Hall–Kier alpha value is -2.16. The number of hydrogen-bond acceptors (Lipinski definition) is 8. The van der Waals surface area contributed by atoms with Gasteiger partial charge in [-0.1, -0.05) is 6.07 Å². The Morgan fingerprint density at radius 2 is 1.88 bits per heavy atom. The average molecular weight is 354 g/mol. The van der Waals surface area contributed by atoms with Crippen molar-refractivity contribution in [3.63, 3.8) is 0 Å². The largest absolute Gasteiger partial charge is 0.508 e. The number of carbonyl (C=O) groups excluding carboxylic acids is 2. The number of esters is 2. The first-order valence-corrected chi connectivity index (χ1v) is 7.79. The maximum atomic E-state index is 11.6.